The highest BCUT2D eigenvalue weighted by Gasteiger charge is 2.15. The third-order valence-corrected chi connectivity index (χ3v) is 3.18. The number of nitrogens with two attached hydrogens (primary N) is 1. The highest BCUT2D eigenvalue weighted by molar-refractivity contribution is 5.66. The molecule has 0 unspecified atom stereocenters. The Bertz CT molecular complexity index is 394. The summed E-state index contributed by atoms with van der Waals surface area (Å²) in [5.41, 5.74) is 6.37. The third kappa shape index (κ3) is 3.96. The van der Waals surface area contributed by atoms with E-state index in [0.29, 0.717) is 43.2 Å². The predicted molar refractivity (Wildman–Crippen MR) is 74.3 cm³/mol. The van der Waals surface area contributed by atoms with E-state index in [2.05, 4.69) is 15.3 Å². The largest absolute Gasteiger partial charge is 0.476 e. The number of anilines is 2. The summed E-state index contributed by atoms with van der Waals surface area (Å²) in [6, 6.07) is 0. The van der Waals surface area contributed by atoms with Gasteiger partial charge in [-0.1, -0.05) is 12.8 Å². The van der Waals surface area contributed by atoms with Gasteiger partial charge in [0.05, 0.1) is 19.3 Å². The average molecular weight is 266 g/mol. The molecule has 0 aromatic carbocycles. The van der Waals surface area contributed by atoms with Gasteiger partial charge >= 0.3 is 0 Å². The average Bonchev–Trinajstić information content (AvgIpc) is 2.92. The lowest BCUT2D eigenvalue weighted by atomic mass is 10.3. The summed E-state index contributed by atoms with van der Waals surface area (Å²) in [6.45, 7) is 3.77. The fraction of sp³-hybridized carbons (Fsp3) is 0.692. The Morgan fingerprint density at radius 1 is 1.37 bits per heavy atom. The number of nitrogen functional groups attached to an aromatic ring is 1. The molecule has 6 heteroatoms. The van der Waals surface area contributed by atoms with E-state index in [0.717, 1.165) is 0 Å². The summed E-state index contributed by atoms with van der Waals surface area (Å²) >= 11 is 0. The van der Waals surface area contributed by atoms with Gasteiger partial charge in [0.2, 0.25) is 5.88 Å². The minimum atomic E-state index is 0.428. The van der Waals surface area contributed by atoms with Crippen LogP contribution < -0.4 is 15.8 Å². The molecule has 1 saturated carbocycles. The zero-order valence-electron chi connectivity index (χ0n) is 11.4. The molecule has 0 spiro atoms. The van der Waals surface area contributed by atoms with Gasteiger partial charge in [-0.3, -0.25) is 0 Å². The van der Waals surface area contributed by atoms with Crippen LogP contribution in [0.1, 0.15) is 32.6 Å². The maximum Gasteiger partial charge on any atom is 0.242 e. The number of nitrogens with one attached hydrogen (secondary N) is 1. The van der Waals surface area contributed by atoms with Crippen molar-refractivity contribution in [1.29, 1.82) is 0 Å². The molecular weight excluding hydrogens is 244 g/mol. The first-order chi connectivity index (χ1) is 9.31. The SMILES string of the molecule is CCOc1ncnc(NCCOC2CCCC2)c1N. The summed E-state index contributed by atoms with van der Waals surface area (Å²) in [5.74, 6) is 1.03. The Hall–Kier alpha value is -1.56. The molecule has 0 bridgehead atoms. The smallest absolute Gasteiger partial charge is 0.242 e. The Labute approximate surface area is 113 Å². The van der Waals surface area contributed by atoms with Gasteiger partial charge in [0, 0.05) is 6.54 Å². The van der Waals surface area contributed by atoms with Crippen molar-refractivity contribution >= 4 is 11.5 Å². The van der Waals surface area contributed by atoms with E-state index < -0.39 is 0 Å². The molecule has 1 aromatic heterocycles. The lowest BCUT2D eigenvalue weighted by molar-refractivity contribution is 0.0659. The van der Waals surface area contributed by atoms with Gasteiger partial charge in [-0.05, 0) is 19.8 Å². The number of hydrogen-bond acceptors (Lipinski definition) is 6. The molecular formula is C13H22N4O2. The van der Waals surface area contributed by atoms with Gasteiger partial charge in [0.15, 0.2) is 5.82 Å². The Morgan fingerprint density at radius 2 is 2.16 bits per heavy atom. The van der Waals surface area contributed by atoms with Gasteiger partial charge in [-0.15, -0.1) is 0 Å². The molecule has 1 fully saturated rings. The standard InChI is InChI=1S/C13H22N4O2/c1-2-18-13-11(14)12(16-9-17-13)15-7-8-19-10-5-3-4-6-10/h9-10H,2-8,14H2,1H3,(H,15,16,17). The van der Waals surface area contributed by atoms with Gasteiger partial charge in [0.25, 0.3) is 0 Å². The Kier molecular flexibility index (Phi) is 5.20. The predicted octanol–water partition coefficient (Wildman–Crippen LogP) is 1.83. The van der Waals surface area contributed by atoms with Crippen LogP contribution in [0.25, 0.3) is 0 Å². The zero-order valence-corrected chi connectivity index (χ0v) is 11.4. The monoisotopic (exact) mass is 266 g/mol. The molecule has 1 heterocycles. The zero-order chi connectivity index (χ0) is 13.5. The van der Waals surface area contributed by atoms with E-state index in [1.165, 1.54) is 32.0 Å². The first-order valence-corrected chi connectivity index (χ1v) is 6.90. The highest BCUT2D eigenvalue weighted by Crippen LogP contribution is 2.24. The van der Waals surface area contributed by atoms with Crippen molar-refractivity contribution in [3.63, 3.8) is 0 Å². The second-order valence-corrected chi connectivity index (χ2v) is 4.58. The maximum absolute atomic E-state index is 5.92. The van der Waals surface area contributed by atoms with Gasteiger partial charge in [-0.25, -0.2) is 4.98 Å². The molecule has 1 aliphatic carbocycles. The summed E-state index contributed by atoms with van der Waals surface area (Å²) in [7, 11) is 0. The molecule has 2 rings (SSSR count). The topological polar surface area (TPSA) is 82.3 Å². The summed E-state index contributed by atoms with van der Waals surface area (Å²) in [6.07, 6.45) is 6.82. The van der Waals surface area contributed by atoms with Crippen molar-refractivity contribution in [1.82, 2.24) is 9.97 Å². The Morgan fingerprint density at radius 3 is 2.89 bits per heavy atom. The van der Waals surface area contributed by atoms with Crippen molar-refractivity contribution in [2.75, 3.05) is 30.8 Å². The molecule has 0 radical (unpaired) electrons. The van der Waals surface area contributed by atoms with Crippen molar-refractivity contribution in [2.24, 2.45) is 0 Å². The van der Waals surface area contributed by atoms with E-state index in [4.69, 9.17) is 15.2 Å². The quantitative estimate of drug-likeness (QED) is 0.733. The van der Waals surface area contributed by atoms with Crippen LogP contribution in [0.5, 0.6) is 5.88 Å². The normalized spacial score (nSPS) is 15.6. The van der Waals surface area contributed by atoms with Crippen molar-refractivity contribution in [2.45, 2.75) is 38.7 Å². The molecule has 1 aromatic rings. The number of aromatic nitrogens is 2. The lowest BCUT2D eigenvalue weighted by Gasteiger charge is -2.13. The second kappa shape index (κ2) is 7.13. The number of nitrogens with zero attached hydrogens (tertiary/aromatic N) is 2. The van der Waals surface area contributed by atoms with E-state index in [-0.39, 0.29) is 0 Å². The van der Waals surface area contributed by atoms with Crippen molar-refractivity contribution < 1.29 is 9.47 Å². The van der Waals surface area contributed by atoms with Gasteiger partial charge in [0.1, 0.15) is 12.0 Å². The summed E-state index contributed by atoms with van der Waals surface area (Å²) < 4.78 is 11.1. The highest BCUT2D eigenvalue weighted by atomic mass is 16.5. The fourth-order valence-corrected chi connectivity index (χ4v) is 2.22. The van der Waals surface area contributed by atoms with Crippen molar-refractivity contribution in [3.8, 4) is 5.88 Å². The summed E-state index contributed by atoms with van der Waals surface area (Å²) in [5, 5.41) is 3.15. The fourth-order valence-electron chi connectivity index (χ4n) is 2.22. The van der Waals surface area contributed by atoms with Crippen molar-refractivity contribution in [3.05, 3.63) is 6.33 Å². The minimum absolute atomic E-state index is 0.428. The Balaban J connectivity index is 1.77. The lowest BCUT2D eigenvalue weighted by Crippen LogP contribution is -2.17. The molecule has 106 valence electrons. The van der Waals surface area contributed by atoms with Crippen LogP contribution in [0.2, 0.25) is 0 Å². The van der Waals surface area contributed by atoms with Crippen LogP contribution >= 0.6 is 0 Å². The van der Waals surface area contributed by atoms with Crippen LogP contribution in [0.15, 0.2) is 6.33 Å². The number of hydrogen-bond donors (Lipinski definition) is 2. The molecule has 0 saturated heterocycles. The van der Waals surface area contributed by atoms with E-state index in [1.807, 2.05) is 6.92 Å². The maximum atomic E-state index is 5.92. The molecule has 0 aliphatic heterocycles. The van der Waals surface area contributed by atoms with E-state index >= 15 is 0 Å². The van der Waals surface area contributed by atoms with E-state index in [9.17, 15) is 0 Å². The van der Waals surface area contributed by atoms with Crippen LogP contribution in [-0.2, 0) is 4.74 Å². The van der Waals surface area contributed by atoms with Crippen LogP contribution in [0, 0.1) is 0 Å². The molecule has 0 atom stereocenters. The van der Waals surface area contributed by atoms with Crippen LogP contribution in [0.3, 0.4) is 0 Å². The third-order valence-electron chi connectivity index (χ3n) is 3.18. The molecule has 6 nitrogen and oxygen atoms in total. The molecule has 0 amide bonds. The molecule has 1 aliphatic rings. The first kappa shape index (κ1) is 13.9. The van der Waals surface area contributed by atoms with Crippen LogP contribution in [-0.4, -0.2) is 35.8 Å². The first-order valence-electron chi connectivity index (χ1n) is 6.90. The molecule has 3 N–H and O–H groups in total. The summed E-state index contributed by atoms with van der Waals surface area (Å²) in [4.78, 5) is 8.10. The van der Waals surface area contributed by atoms with Crippen LogP contribution in [0.4, 0.5) is 11.5 Å². The van der Waals surface area contributed by atoms with Gasteiger partial charge in [-0.2, -0.15) is 4.98 Å². The second-order valence-electron chi connectivity index (χ2n) is 4.58. The molecule has 19 heavy (non-hydrogen) atoms. The number of rotatable bonds is 7. The number of ether oxygens (including phenoxy) is 2. The minimum Gasteiger partial charge on any atom is -0.476 e. The van der Waals surface area contributed by atoms with Gasteiger partial charge < -0.3 is 20.5 Å². The van der Waals surface area contributed by atoms with E-state index in [1.54, 1.807) is 0 Å².